The molecule has 1 aliphatic rings. The second-order valence-electron chi connectivity index (χ2n) is 5.98. The summed E-state index contributed by atoms with van der Waals surface area (Å²) in [5.74, 6) is 0.941. The lowest BCUT2D eigenvalue weighted by Crippen LogP contribution is -2.05. The Morgan fingerprint density at radius 2 is 2.10 bits per heavy atom. The summed E-state index contributed by atoms with van der Waals surface area (Å²) >= 11 is 0. The molecule has 114 valence electrons. The van der Waals surface area contributed by atoms with Gasteiger partial charge in [-0.1, -0.05) is 19.8 Å². The summed E-state index contributed by atoms with van der Waals surface area (Å²) in [6.45, 7) is 6.02. The monoisotopic (exact) mass is 287 g/mol. The number of nitrogens with zero attached hydrogens (tertiary/aromatic N) is 4. The van der Waals surface area contributed by atoms with Crippen molar-refractivity contribution in [3.8, 4) is 0 Å². The SMILES string of the molecule is CCCn1ccc(NCc2cn(C3CCCC3)nc2C)n1. The van der Waals surface area contributed by atoms with Gasteiger partial charge in [-0.15, -0.1) is 0 Å². The van der Waals surface area contributed by atoms with Crippen molar-refractivity contribution in [1.29, 1.82) is 0 Å². The van der Waals surface area contributed by atoms with Crippen LogP contribution in [0.4, 0.5) is 5.82 Å². The van der Waals surface area contributed by atoms with Crippen LogP contribution in [0.15, 0.2) is 18.5 Å². The predicted molar refractivity (Wildman–Crippen MR) is 84.3 cm³/mol. The van der Waals surface area contributed by atoms with Gasteiger partial charge in [0.2, 0.25) is 0 Å². The summed E-state index contributed by atoms with van der Waals surface area (Å²) in [7, 11) is 0. The number of aryl methyl sites for hydroxylation is 2. The molecule has 1 aliphatic carbocycles. The van der Waals surface area contributed by atoms with Crippen molar-refractivity contribution in [1.82, 2.24) is 19.6 Å². The van der Waals surface area contributed by atoms with Crippen LogP contribution in [0.2, 0.25) is 0 Å². The number of hydrogen-bond acceptors (Lipinski definition) is 3. The maximum absolute atomic E-state index is 4.69. The zero-order chi connectivity index (χ0) is 14.7. The number of hydrogen-bond donors (Lipinski definition) is 1. The molecule has 0 aromatic carbocycles. The minimum Gasteiger partial charge on any atom is -0.364 e. The van der Waals surface area contributed by atoms with E-state index < -0.39 is 0 Å². The molecule has 0 amide bonds. The van der Waals surface area contributed by atoms with Crippen molar-refractivity contribution in [2.24, 2.45) is 0 Å². The topological polar surface area (TPSA) is 47.7 Å². The van der Waals surface area contributed by atoms with Gasteiger partial charge >= 0.3 is 0 Å². The van der Waals surface area contributed by atoms with E-state index in [0.29, 0.717) is 6.04 Å². The molecule has 3 rings (SSSR count). The smallest absolute Gasteiger partial charge is 0.148 e. The largest absolute Gasteiger partial charge is 0.364 e. The quantitative estimate of drug-likeness (QED) is 0.884. The van der Waals surface area contributed by atoms with Crippen LogP contribution in [-0.4, -0.2) is 19.6 Å². The molecule has 1 saturated carbocycles. The van der Waals surface area contributed by atoms with E-state index in [0.717, 1.165) is 31.0 Å². The molecule has 5 nitrogen and oxygen atoms in total. The van der Waals surface area contributed by atoms with E-state index in [9.17, 15) is 0 Å². The number of aromatic nitrogens is 4. The van der Waals surface area contributed by atoms with Crippen LogP contribution in [-0.2, 0) is 13.1 Å². The van der Waals surface area contributed by atoms with Crippen molar-refractivity contribution >= 4 is 5.82 Å². The summed E-state index contributed by atoms with van der Waals surface area (Å²) in [6.07, 6.45) is 10.6. The first kappa shape index (κ1) is 14.2. The van der Waals surface area contributed by atoms with E-state index in [-0.39, 0.29) is 0 Å². The lowest BCUT2D eigenvalue weighted by molar-refractivity contribution is 0.464. The molecule has 2 aromatic heterocycles. The number of anilines is 1. The van der Waals surface area contributed by atoms with Crippen LogP contribution in [0.5, 0.6) is 0 Å². The summed E-state index contributed by atoms with van der Waals surface area (Å²) < 4.78 is 4.16. The maximum atomic E-state index is 4.69. The van der Waals surface area contributed by atoms with Gasteiger partial charge < -0.3 is 5.32 Å². The Morgan fingerprint density at radius 3 is 2.86 bits per heavy atom. The Kier molecular flexibility index (Phi) is 4.27. The highest BCUT2D eigenvalue weighted by atomic mass is 15.3. The Morgan fingerprint density at radius 1 is 1.29 bits per heavy atom. The lowest BCUT2D eigenvalue weighted by atomic mass is 10.2. The van der Waals surface area contributed by atoms with Crippen molar-refractivity contribution in [3.05, 3.63) is 29.7 Å². The van der Waals surface area contributed by atoms with Crippen molar-refractivity contribution in [3.63, 3.8) is 0 Å². The van der Waals surface area contributed by atoms with Gasteiger partial charge in [-0.25, -0.2) is 0 Å². The third-order valence-corrected chi connectivity index (χ3v) is 4.27. The molecule has 1 N–H and O–H groups in total. The summed E-state index contributed by atoms with van der Waals surface area (Å²) in [5, 5.41) is 12.6. The van der Waals surface area contributed by atoms with Gasteiger partial charge in [0.05, 0.1) is 11.7 Å². The molecular formula is C16H25N5. The van der Waals surface area contributed by atoms with Crippen molar-refractivity contribution in [2.45, 2.75) is 65.1 Å². The summed E-state index contributed by atoms with van der Waals surface area (Å²) in [5.41, 5.74) is 2.40. The summed E-state index contributed by atoms with van der Waals surface area (Å²) in [4.78, 5) is 0. The summed E-state index contributed by atoms with van der Waals surface area (Å²) in [6, 6.07) is 2.65. The van der Waals surface area contributed by atoms with Crippen LogP contribution < -0.4 is 5.32 Å². The van der Waals surface area contributed by atoms with E-state index in [1.165, 1.54) is 31.2 Å². The number of rotatable bonds is 6. The van der Waals surface area contributed by atoms with Crippen LogP contribution in [0.25, 0.3) is 0 Å². The highest BCUT2D eigenvalue weighted by Gasteiger charge is 2.18. The Hall–Kier alpha value is -1.78. The average Bonchev–Trinajstić information content (AvgIpc) is 3.17. The first-order chi connectivity index (χ1) is 10.3. The minimum absolute atomic E-state index is 0.612. The van der Waals surface area contributed by atoms with Crippen molar-refractivity contribution < 1.29 is 0 Å². The molecule has 0 unspecified atom stereocenters. The molecule has 21 heavy (non-hydrogen) atoms. The zero-order valence-corrected chi connectivity index (χ0v) is 13.0. The maximum Gasteiger partial charge on any atom is 0.148 e. The van der Waals surface area contributed by atoms with E-state index in [2.05, 4.69) is 35.1 Å². The van der Waals surface area contributed by atoms with Gasteiger partial charge in [0.1, 0.15) is 5.82 Å². The zero-order valence-electron chi connectivity index (χ0n) is 13.0. The molecular weight excluding hydrogens is 262 g/mol. The fourth-order valence-electron chi connectivity index (χ4n) is 3.04. The van der Waals surface area contributed by atoms with Gasteiger partial charge in [-0.2, -0.15) is 10.2 Å². The van der Waals surface area contributed by atoms with Crippen LogP contribution in [0, 0.1) is 6.92 Å². The number of nitrogens with one attached hydrogen (secondary N) is 1. The predicted octanol–water partition coefficient (Wildman–Crippen LogP) is 3.53. The van der Waals surface area contributed by atoms with E-state index in [4.69, 9.17) is 5.10 Å². The minimum atomic E-state index is 0.612. The highest BCUT2D eigenvalue weighted by Crippen LogP contribution is 2.29. The molecule has 1 fully saturated rings. The van der Waals surface area contributed by atoms with Gasteiger partial charge in [0.15, 0.2) is 0 Å². The fourth-order valence-corrected chi connectivity index (χ4v) is 3.04. The molecule has 0 aliphatic heterocycles. The molecule has 0 bridgehead atoms. The van der Waals surface area contributed by atoms with E-state index >= 15 is 0 Å². The Balaban J connectivity index is 1.61. The first-order valence-corrected chi connectivity index (χ1v) is 8.08. The second-order valence-corrected chi connectivity index (χ2v) is 5.98. The molecule has 5 heteroatoms. The Bertz CT molecular complexity index is 577. The highest BCUT2D eigenvalue weighted by molar-refractivity contribution is 5.34. The molecule has 0 spiro atoms. The van der Waals surface area contributed by atoms with Crippen molar-refractivity contribution in [2.75, 3.05) is 5.32 Å². The van der Waals surface area contributed by atoms with Crippen LogP contribution in [0.3, 0.4) is 0 Å². The van der Waals surface area contributed by atoms with E-state index in [1.807, 2.05) is 16.9 Å². The van der Waals surface area contributed by atoms with Gasteiger partial charge in [0.25, 0.3) is 0 Å². The van der Waals surface area contributed by atoms with E-state index in [1.54, 1.807) is 0 Å². The fraction of sp³-hybridized carbons (Fsp3) is 0.625. The third-order valence-electron chi connectivity index (χ3n) is 4.27. The van der Waals surface area contributed by atoms with Gasteiger partial charge in [0, 0.05) is 37.1 Å². The average molecular weight is 287 g/mol. The molecule has 0 saturated heterocycles. The normalized spacial score (nSPS) is 15.7. The first-order valence-electron chi connectivity index (χ1n) is 8.08. The van der Waals surface area contributed by atoms with Crippen LogP contribution >= 0.6 is 0 Å². The van der Waals surface area contributed by atoms with Crippen LogP contribution in [0.1, 0.15) is 56.3 Å². The second kappa shape index (κ2) is 6.33. The lowest BCUT2D eigenvalue weighted by Gasteiger charge is -2.08. The third kappa shape index (κ3) is 3.28. The van der Waals surface area contributed by atoms with Gasteiger partial charge in [-0.3, -0.25) is 9.36 Å². The van der Waals surface area contributed by atoms with Gasteiger partial charge in [-0.05, 0) is 26.2 Å². The molecule has 2 heterocycles. The Labute approximate surface area is 126 Å². The molecule has 2 aromatic rings. The standard InChI is InChI=1S/C16H25N5/c1-3-9-20-10-8-16(19-20)17-11-14-12-21(18-13(14)2)15-6-4-5-7-15/h8,10,12,15H,3-7,9,11H2,1-2H3,(H,17,19). The molecule has 0 atom stereocenters. The molecule has 0 radical (unpaired) electrons.